The van der Waals surface area contributed by atoms with E-state index in [0.29, 0.717) is 19.1 Å². The fourth-order valence-corrected chi connectivity index (χ4v) is 2.53. The van der Waals surface area contributed by atoms with Crippen LogP contribution in [0.1, 0.15) is 25.8 Å². The zero-order chi connectivity index (χ0) is 14.7. The number of rotatable bonds is 3. The molecule has 0 radical (unpaired) electrons. The molecule has 1 fully saturated rings. The Bertz CT molecular complexity index is 517. The molecule has 0 saturated carbocycles. The highest BCUT2D eigenvalue weighted by atomic mass is 19.2. The van der Waals surface area contributed by atoms with Crippen molar-refractivity contribution >= 4 is 5.69 Å². The Morgan fingerprint density at radius 3 is 2.40 bits per heavy atom. The van der Waals surface area contributed by atoms with Crippen molar-refractivity contribution in [2.24, 2.45) is 0 Å². The highest BCUT2D eigenvalue weighted by Crippen LogP contribution is 2.25. The van der Waals surface area contributed by atoms with Crippen molar-refractivity contribution in [3.63, 3.8) is 0 Å². The summed E-state index contributed by atoms with van der Waals surface area (Å²) in [7, 11) is 0. The Morgan fingerprint density at radius 2 is 1.85 bits per heavy atom. The third kappa shape index (κ3) is 2.75. The predicted octanol–water partition coefficient (Wildman–Crippen LogP) is 2.76. The van der Waals surface area contributed by atoms with E-state index >= 15 is 0 Å². The molecule has 1 aliphatic heterocycles. The predicted molar refractivity (Wildman–Crippen MR) is 74.6 cm³/mol. The van der Waals surface area contributed by atoms with Gasteiger partial charge in [0, 0.05) is 32.2 Å². The van der Waals surface area contributed by atoms with Gasteiger partial charge in [-0.15, -0.1) is 0 Å². The lowest BCUT2D eigenvalue weighted by molar-refractivity contribution is 0.192. The SMILES string of the molecule is CCC(C)N1CCN(c2ccc(C#N)c(F)c2F)CC1. The van der Waals surface area contributed by atoms with E-state index in [9.17, 15) is 8.78 Å². The monoisotopic (exact) mass is 279 g/mol. The van der Waals surface area contributed by atoms with Crippen molar-refractivity contribution < 1.29 is 8.78 Å². The summed E-state index contributed by atoms with van der Waals surface area (Å²) in [5.74, 6) is -1.96. The molecule has 0 spiro atoms. The zero-order valence-corrected chi connectivity index (χ0v) is 11.9. The van der Waals surface area contributed by atoms with Gasteiger partial charge in [-0.1, -0.05) is 6.92 Å². The molecule has 1 unspecified atom stereocenters. The van der Waals surface area contributed by atoms with Crippen molar-refractivity contribution in [2.45, 2.75) is 26.3 Å². The van der Waals surface area contributed by atoms with Crippen LogP contribution in [-0.4, -0.2) is 37.1 Å². The van der Waals surface area contributed by atoms with Crippen LogP contribution in [0.5, 0.6) is 0 Å². The summed E-state index contributed by atoms with van der Waals surface area (Å²) in [6.07, 6.45) is 1.08. The molecule has 20 heavy (non-hydrogen) atoms. The molecule has 5 heteroatoms. The summed E-state index contributed by atoms with van der Waals surface area (Å²) < 4.78 is 27.6. The number of hydrogen-bond acceptors (Lipinski definition) is 3. The summed E-state index contributed by atoms with van der Waals surface area (Å²) in [6.45, 7) is 7.36. The number of nitrogens with zero attached hydrogens (tertiary/aromatic N) is 3. The highest BCUT2D eigenvalue weighted by Gasteiger charge is 2.24. The van der Waals surface area contributed by atoms with E-state index in [1.807, 2.05) is 4.90 Å². The Hall–Kier alpha value is -1.67. The molecule has 0 aliphatic carbocycles. The Morgan fingerprint density at radius 1 is 1.20 bits per heavy atom. The minimum absolute atomic E-state index is 0.246. The molecule has 1 aromatic rings. The highest BCUT2D eigenvalue weighted by molar-refractivity contribution is 5.52. The summed E-state index contributed by atoms with van der Waals surface area (Å²) in [4.78, 5) is 4.20. The molecule has 0 N–H and O–H groups in total. The lowest BCUT2D eigenvalue weighted by atomic mass is 10.1. The molecule has 3 nitrogen and oxygen atoms in total. The van der Waals surface area contributed by atoms with Crippen LogP contribution < -0.4 is 4.90 Å². The second kappa shape index (κ2) is 6.19. The number of anilines is 1. The normalized spacial score (nSPS) is 17.9. The average molecular weight is 279 g/mol. The molecular formula is C15H19F2N3. The van der Waals surface area contributed by atoms with Gasteiger partial charge in [0.15, 0.2) is 11.6 Å². The Kier molecular flexibility index (Phi) is 4.56. The van der Waals surface area contributed by atoms with Crippen molar-refractivity contribution in [1.82, 2.24) is 4.90 Å². The van der Waals surface area contributed by atoms with Crippen molar-refractivity contribution in [3.8, 4) is 6.07 Å². The van der Waals surface area contributed by atoms with Crippen molar-refractivity contribution in [3.05, 3.63) is 29.3 Å². The first-order valence-electron chi connectivity index (χ1n) is 6.95. The molecule has 1 saturated heterocycles. The first kappa shape index (κ1) is 14.7. The van der Waals surface area contributed by atoms with Gasteiger partial charge in [-0.2, -0.15) is 5.26 Å². The van der Waals surface area contributed by atoms with Crippen LogP contribution in [0.25, 0.3) is 0 Å². The fraction of sp³-hybridized carbons (Fsp3) is 0.533. The van der Waals surface area contributed by atoms with Gasteiger partial charge in [-0.25, -0.2) is 8.78 Å². The topological polar surface area (TPSA) is 30.3 Å². The van der Waals surface area contributed by atoms with E-state index < -0.39 is 11.6 Å². The van der Waals surface area contributed by atoms with Gasteiger partial charge < -0.3 is 4.90 Å². The molecule has 1 aromatic carbocycles. The summed E-state index contributed by atoms with van der Waals surface area (Å²) in [6, 6.07) is 5.01. The smallest absolute Gasteiger partial charge is 0.183 e. The van der Waals surface area contributed by atoms with E-state index in [0.717, 1.165) is 19.5 Å². The van der Waals surface area contributed by atoms with Crippen molar-refractivity contribution in [1.29, 1.82) is 5.26 Å². The van der Waals surface area contributed by atoms with Gasteiger partial charge >= 0.3 is 0 Å². The number of nitriles is 1. The maximum absolute atomic E-state index is 14.0. The van der Waals surface area contributed by atoms with Crippen LogP contribution in [0.3, 0.4) is 0 Å². The van der Waals surface area contributed by atoms with Crippen LogP contribution >= 0.6 is 0 Å². The van der Waals surface area contributed by atoms with E-state index in [4.69, 9.17) is 5.26 Å². The largest absolute Gasteiger partial charge is 0.367 e. The van der Waals surface area contributed by atoms with Crippen molar-refractivity contribution in [2.75, 3.05) is 31.1 Å². The molecule has 0 bridgehead atoms. The Balaban J connectivity index is 2.12. The number of halogens is 2. The average Bonchev–Trinajstić information content (AvgIpc) is 2.49. The molecule has 1 aliphatic rings. The minimum atomic E-state index is -1.05. The van der Waals surface area contributed by atoms with Gasteiger partial charge in [0.05, 0.1) is 11.3 Å². The quantitative estimate of drug-likeness (QED) is 0.852. The number of piperazine rings is 1. The molecule has 108 valence electrons. The lowest BCUT2D eigenvalue weighted by Gasteiger charge is -2.39. The first-order chi connectivity index (χ1) is 9.58. The van der Waals surface area contributed by atoms with Crippen LogP contribution in [0.2, 0.25) is 0 Å². The zero-order valence-electron chi connectivity index (χ0n) is 11.9. The van der Waals surface area contributed by atoms with Crippen LogP contribution in [-0.2, 0) is 0 Å². The minimum Gasteiger partial charge on any atom is -0.367 e. The van der Waals surface area contributed by atoms with Crippen LogP contribution in [0, 0.1) is 23.0 Å². The van der Waals surface area contributed by atoms with Gasteiger partial charge in [0.1, 0.15) is 6.07 Å². The summed E-state index contributed by atoms with van der Waals surface area (Å²) in [5, 5.41) is 8.69. The fourth-order valence-electron chi connectivity index (χ4n) is 2.53. The molecule has 2 rings (SSSR count). The van der Waals surface area contributed by atoms with Gasteiger partial charge in [0.2, 0.25) is 0 Å². The van der Waals surface area contributed by atoms with Gasteiger partial charge in [-0.3, -0.25) is 4.90 Å². The standard InChI is InChI=1S/C15H19F2N3/c1-3-11(2)19-6-8-20(9-7-19)13-5-4-12(10-18)14(16)15(13)17/h4-5,11H,3,6-9H2,1-2H3. The van der Waals surface area contributed by atoms with Gasteiger partial charge in [0.25, 0.3) is 0 Å². The van der Waals surface area contributed by atoms with Gasteiger partial charge in [-0.05, 0) is 25.5 Å². The third-order valence-corrected chi connectivity index (χ3v) is 4.05. The maximum Gasteiger partial charge on any atom is 0.183 e. The Labute approximate surface area is 118 Å². The molecular weight excluding hydrogens is 260 g/mol. The van der Waals surface area contributed by atoms with Crippen LogP contribution in [0.4, 0.5) is 14.5 Å². The van der Waals surface area contributed by atoms with E-state index in [1.54, 1.807) is 6.07 Å². The third-order valence-electron chi connectivity index (χ3n) is 4.05. The second-order valence-electron chi connectivity index (χ2n) is 5.15. The first-order valence-corrected chi connectivity index (χ1v) is 6.95. The second-order valence-corrected chi connectivity index (χ2v) is 5.15. The molecule has 0 aromatic heterocycles. The van der Waals surface area contributed by atoms with E-state index in [2.05, 4.69) is 18.7 Å². The van der Waals surface area contributed by atoms with Crippen LogP contribution in [0.15, 0.2) is 12.1 Å². The molecule has 1 atom stereocenters. The maximum atomic E-state index is 14.0. The summed E-state index contributed by atoms with van der Waals surface area (Å²) >= 11 is 0. The van der Waals surface area contributed by atoms with E-state index in [-0.39, 0.29) is 11.3 Å². The number of benzene rings is 1. The lowest BCUT2D eigenvalue weighted by Crippen LogP contribution is -2.49. The molecule has 0 amide bonds. The number of hydrogen-bond donors (Lipinski definition) is 0. The molecule has 1 heterocycles. The van der Waals surface area contributed by atoms with E-state index in [1.165, 1.54) is 12.1 Å². The summed E-state index contributed by atoms with van der Waals surface area (Å²) in [5.41, 5.74) is 0.00907.